The maximum atomic E-state index is 12.8. The molecule has 4 rings (SSSR count). The molecule has 6 nitrogen and oxygen atoms in total. The summed E-state index contributed by atoms with van der Waals surface area (Å²) in [6.07, 6.45) is 0. The lowest BCUT2D eigenvalue weighted by Gasteiger charge is -2.07. The Hall–Kier alpha value is -3.77. The average molecular weight is 465 g/mol. The van der Waals surface area contributed by atoms with Crippen molar-refractivity contribution in [2.75, 3.05) is 20.3 Å². The maximum Gasteiger partial charge on any atom is 0.342 e. The molecule has 0 aliphatic rings. The number of ketones is 1. The number of fused-ring (bicyclic) bond motifs is 1. The molecule has 0 aliphatic carbocycles. The van der Waals surface area contributed by atoms with Gasteiger partial charge in [-0.05, 0) is 73.7 Å². The van der Waals surface area contributed by atoms with Gasteiger partial charge in [0.2, 0.25) is 0 Å². The molecular formula is C26H21ClO6. The number of ether oxygens (including phenoxy) is 3. The van der Waals surface area contributed by atoms with Gasteiger partial charge in [0.05, 0.1) is 13.7 Å². The van der Waals surface area contributed by atoms with Crippen LogP contribution in [0.4, 0.5) is 0 Å². The van der Waals surface area contributed by atoms with Crippen LogP contribution < -0.4 is 9.47 Å². The highest BCUT2D eigenvalue weighted by Crippen LogP contribution is 2.36. The fourth-order valence-corrected chi connectivity index (χ4v) is 3.51. The molecule has 4 aromatic rings. The number of rotatable bonds is 8. The van der Waals surface area contributed by atoms with Crippen molar-refractivity contribution in [1.29, 1.82) is 0 Å². The Kier molecular flexibility index (Phi) is 6.66. The molecule has 0 fully saturated rings. The molecule has 0 aliphatic heterocycles. The molecule has 0 amide bonds. The van der Waals surface area contributed by atoms with Gasteiger partial charge in [0.1, 0.15) is 28.4 Å². The largest absolute Gasteiger partial charge is 0.497 e. The lowest BCUT2D eigenvalue weighted by molar-refractivity contribution is 0.0528. The van der Waals surface area contributed by atoms with Crippen molar-refractivity contribution in [2.24, 2.45) is 0 Å². The quantitative estimate of drug-likeness (QED) is 0.228. The number of Topliss-reactive ketones (excluding diaryl/α,β-unsaturated/α-hetero) is 1. The highest BCUT2D eigenvalue weighted by molar-refractivity contribution is 6.30. The second-order valence-electron chi connectivity index (χ2n) is 7.13. The third kappa shape index (κ3) is 4.86. The van der Waals surface area contributed by atoms with Crippen molar-refractivity contribution in [3.63, 3.8) is 0 Å². The van der Waals surface area contributed by atoms with Gasteiger partial charge in [-0.25, -0.2) is 4.79 Å². The first kappa shape index (κ1) is 22.4. The summed E-state index contributed by atoms with van der Waals surface area (Å²) in [4.78, 5) is 25.2. The van der Waals surface area contributed by atoms with Crippen molar-refractivity contribution in [1.82, 2.24) is 0 Å². The van der Waals surface area contributed by atoms with Gasteiger partial charge in [-0.2, -0.15) is 0 Å². The summed E-state index contributed by atoms with van der Waals surface area (Å²) >= 11 is 5.87. The van der Waals surface area contributed by atoms with Crippen LogP contribution >= 0.6 is 11.6 Å². The Morgan fingerprint density at radius 2 is 1.64 bits per heavy atom. The van der Waals surface area contributed by atoms with E-state index < -0.39 is 5.97 Å². The molecule has 0 N–H and O–H groups in total. The Bertz CT molecular complexity index is 1290. The summed E-state index contributed by atoms with van der Waals surface area (Å²) in [6, 6.07) is 18.8. The Morgan fingerprint density at radius 3 is 2.30 bits per heavy atom. The monoisotopic (exact) mass is 464 g/mol. The van der Waals surface area contributed by atoms with E-state index in [-0.39, 0.29) is 19.0 Å². The minimum Gasteiger partial charge on any atom is -0.497 e. The first-order valence-corrected chi connectivity index (χ1v) is 10.7. The first-order chi connectivity index (χ1) is 16.0. The summed E-state index contributed by atoms with van der Waals surface area (Å²) in [5.74, 6) is 0.812. The van der Waals surface area contributed by atoms with Crippen LogP contribution in [0.3, 0.4) is 0 Å². The fourth-order valence-electron chi connectivity index (χ4n) is 3.39. The average Bonchev–Trinajstić information content (AvgIpc) is 3.22. The number of furan rings is 1. The Balaban J connectivity index is 1.66. The zero-order valence-corrected chi connectivity index (χ0v) is 18.8. The van der Waals surface area contributed by atoms with E-state index in [9.17, 15) is 9.59 Å². The molecule has 0 atom stereocenters. The van der Waals surface area contributed by atoms with Gasteiger partial charge in [0.25, 0.3) is 0 Å². The summed E-state index contributed by atoms with van der Waals surface area (Å²) < 4.78 is 22.2. The molecule has 168 valence electrons. The van der Waals surface area contributed by atoms with Crippen molar-refractivity contribution in [2.45, 2.75) is 6.92 Å². The van der Waals surface area contributed by atoms with Crippen LogP contribution in [-0.4, -0.2) is 32.1 Å². The highest BCUT2D eigenvalue weighted by Gasteiger charge is 2.24. The van der Waals surface area contributed by atoms with Crippen LogP contribution in [0.15, 0.2) is 71.1 Å². The van der Waals surface area contributed by atoms with Gasteiger partial charge in [0, 0.05) is 21.5 Å². The van der Waals surface area contributed by atoms with Gasteiger partial charge < -0.3 is 18.6 Å². The van der Waals surface area contributed by atoms with Crippen LogP contribution in [0.25, 0.3) is 22.3 Å². The molecule has 0 saturated carbocycles. The van der Waals surface area contributed by atoms with E-state index in [1.54, 1.807) is 68.6 Å². The van der Waals surface area contributed by atoms with E-state index >= 15 is 0 Å². The van der Waals surface area contributed by atoms with Crippen LogP contribution in [0, 0.1) is 0 Å². The lowest BCUT2D eigenvalue weighted by atomic mass is 10.1. The lowest BCUT2D eigenvalue weighted by Crippen LogP contribution is -2.11. The predicted octanol–water partition coefficient (Wildman–Crippen LogP) is 6.20. The van der Waals surface area contributed by atoms with Crippen LogP contribution in [0.1, 0.15) is 27.6 Å². The second-order valence-corrected chi connectivity index (χ2v) is 7.57. The molecular weight excluding hydrogens is 444 g/mol. The molecule has 7 heteroatoms. The predicted molar refractivity (Wildman–Crippen MR) is 125 cm³/mol. The minimum atomic E-state index is -0.503. The van der Waals surface area contributed by atoms with Gasteiger partial charge in [-0.15, -0.1) is 0 Å². The third-order valence-electron chi connectivity index (χ3n) is 5.03. The number of hydrogen-bond acceptors (Lipinski definition) is 6. The van der Waals surface area contributed by atoms with Gasteiger partial charge >= 0.3 is 5.97 Å². The van der Waals surface area contributed by atoms with E-state index in [4.69, 9.17) is 30.2 Å². The van der Waals surface area contributed by atoms with Crippen LogP contribution in [-0.2, 0) is 4.74 Å². The van der Waals surface area contributed by atoms with E-state index in [2.05, 4.69) is 0 Å². The highest BCUT2D eigenvalue weighted by atomic mass is 35.5. The standard InChI is InChI=1S/C26H21ClO6/c1-3-31-26(29)24-21-14-20(32-15-22(28)16-4-8-18(27)9-5-16)12-13-23(21)33-25(24)17-6-10-19(30-2)11-7-17/h4-14H,3,15H2,1-2H3. The second kappa shape index (κ2) is 9.79. The van der Waals surface area contributed by atoms with Crippen molar-refractivity contribution in [3.8, 4) is 22.8 Å². The normalized spacial score (nSPS) is 10.8. The van der Waals surface area contributed by atoms with Gasteiger partial charge in [-0.3, -0.25) is 4.79 Å². The molecule has 1 aromatic heterocycles. The Morgan fingerprint density at radius 1 is 0.939 bits per heavy atom. The zero-order valence-electron chi connectivity index (χ0n) is 18.1. The molecule has 0 spiro atoms. The smallest absolute Gasteiger partial charge is 0.342 e. The van der Waals surface area contributed by atoms with Crippen LogP contribution in [0.2, 0.25) is 5.02 Å². The molecule has 1 heterocycles. The third-order valence-corrected chi connectivity index (χ3v) is 5.28. The SMILES string of the molecule is CCOC(=O)c1c(-c2ccc(OC)cc2)oc2ccc(OCC(=O)c3ccc(Cl)cc3)cc12. The van der Waals surface area contributed by atoms with E-state index in [0.29, 0.717) is 49.9 Å². The van der Waals surface area contributed by atoms with Crippen LogP contribution in [0.5, 0.6) is 11.5 Å². The first-order valence-electron chi connectivity index (χ1n) is 10.3. The number of benzene rings is 3. The number of carbonyl (C=O) groups is 2. The summed E-state index contributed by atoms with van der Waals surface area (Å²) in [5.41, 5.74) is 2.00. The molecule has 3 aromatic carbocycles. The number of carbonyl (C=O) groups excluding carboxylic acids is 2. The summed E-state index contributed by atoms with van der Waals surface area (Å²) in [6.45, 7) is 1.80. The fraction of sp³-hybridized carbons (Fsp3) is 0.154. The minimum absolute atomic E-state index is 0.162. The van der Waals surface area contributed by atoms with Gasteiger partial charge in [0.15, 0.2) is 12.4 Å². The molecule has 0 unspecified atom stereocenters. The topological polar surface area (TPSA) is 75.0 Å². The van der Waals surface area contributed by atoms with Crippen molar-refractivity contribution >= 4 is 34.3 Å². The van der Waals surface area contributed by atoms with Gasteiger partial charge in [-0.1, -0.05) is 11.6 Å². The number of hydrogen-bond donors (Lipinski definition) is 0. The zero-order chi connectivity index (χ0) is 23.4. The molecule has 0 saturated heterocycles. The van der Waals surface area contributed by atoms with E-state index in [0.717, 1.165) is 0 Å². The van der Waals surface area contributed by atoms with E-state index in [1.165, 1.54) is 0 Å². The van der Waals surface area contributed by atoms with E-state index in [1.807, 2.05) is 12.1 Å². The maximum absolute atomic E-state index is 12.8. The Labute approximate surface area is 195 Å². The summed E-state index contributed by atoms with van der Waals surface area (Å²) in [7, 11) is 1.58. The number of halogens is 1. The number of methoxy groups -OCH3 is 1. The number of esters is 1. The molecule has 33 heavy (non-hydrogen) atoms. The molecule has 0 radical (unpaired) electrons. The van der Waals surface area contributed by atoms with Crippen molar-refractivity contribution < 1.29 is 28.2 Å². The summed E-state index contributed by atoms with van der Waals surface area (Å²) in [5, 5.41) is 1.09. The van der Waals surface area contributed by atoms with Crippen molar-refractivity contribution in [3.05, 3.63) is 82.9 Å². The molecule has 0 bridgehead atoms.